The van der Waals surface area contributed by atoms with Crippen LogP contribution in [0.1, 0.15) is 27.7 Å². The minimum atomic E-state index is -0.353. The molecule has 0 aliphatic carbocycles. The number of phenolic OH excluding ortho intramolecular Hbond substituents is 2. The molecule has 110 valence electrons. The number of hydrogen-bond donors (Lipinski definition) is 2. The second kappa shape index (κ2) is 6.41. The average molecular weight is 305 g/mol. The Balaban J connectivity index is 2.22. The summed E-state index contributed by atoms with van der Waals surface area (Å²) in [6.45, 7) is 3.91. The largest absolute Gasteiger partial charge is 0.508 e. The molecule has 1 aromatic heterocycles. The number of nitrogens with zero attached hydrogens (tertiary/aromatic N) is 1. The van der Waals surface area contributed by atoms with E-state index < -0.39 is 0 Å². The highest BCUT2D eigenvalue weighted by molar-refractivity contribution is 7.17. The van der Waals surface area contributed by atoms with Gasteiger partial charge in [-0.2, -0.15) is 0 Å². The molecule has 0 aliphatic rings. The molecule has 21 heavy (non-hydrogen) atoms. The number of esters is 1. The molecule has 0 spiro atoms. The Bertz CT molecular complexity index is 691. The van der Waals surface area contributed by atoms with E-state index in [1.807, 2.05) is 6.92 Å². The number of aliphatic imine (C=N–C) groups is 1. The highest BCUT2D eigenvalue weighted by Gasteiger charge is 2.14. The van der Waals surface area contributed by atoms with Gasteiger partial charge in [-0.1, -0.05) is 0 Å². The zero-order chi connectivity index (χ0) is 15.4. The van der Waals surface area contributed by atoms with Crippen LogP contribution in [0.4, 0.5) is 5.00 Å². The summed E-state index contributed by atoms with van der Waals surface area (Å²) in [5.74, 6) is -0.423. The minimum Gasteiger partial charge on any atom is -0.508 e. The van der Waals surface area contributed by atoms with E-state index in [9.17, 15) is 15.0 Å². The highest BCUT2D eigenvalue weighted by atomic mass is 32.1. The first-order chi connectivity index (χ1) is 10.0. The van der Waals surface area contributed by atoms with Gasteiger partial charge in [-0.05, 0) is 37.6 Å². The van der Waals surface area contributed by atoms with Crippen LogP contribution in [0.25, 0.3) is 0 Å². The molecule has 2 rings (SSSR count). The van der Waals surface area contributed by atoms with Gasteiger partial charge in [0, 0.05) is 17.8 Å². The van der Waals surface area contributed by atoms with Gasteiger partial charge in [-0.25, -0.2) is 9.79 Å². The van der Waals surface area contributed by atoms with E-state index in [4.69, 9.17) is 4.74 Å². The van der Waals surface area contributed by atoms with Crippen LogP contribution in [0.2, 0.25) is 0 Å². The third-order valence-corrected chi connectivity index (χ3v) is 3.84. The van der Waals surface area contributed by atoms with Crippen molar-refractivity contribution in [1.82, 2.24) is 0 Å². The zero-order valence-corrected chi connectivity index (χ0v) is 12.5. The molecule has 1 aromatic carbocycles. The lowest BCUT2D eigenvalue weighted by molar-refractivity contribution is 0.0531. The number of ether oxygens (including phenoxy) is 1. The van der Waals surface area contributed by atoms with E-state index in [0.29, 0.717) is 22.0 Å². The lowest BCUT2D eigenvalue weighted by Gasteiger charge is -1.98. The number of thiophene rings is 1. The monoisotopic (exact) mass is 305 g/mol. The van der Waals surface area contributed by atoms with Crippen molar-refractivity contribution in [2.45, 2.75) is 13.8 Å². The van der Waals surface area contributed by atoms with Crippen LogP contribution < -0.4 is 0 Å². The fraction of sp³-hybridized carbons (Fsp3) is 0.200. The predicted molar refractivity (Wildman–Crippen MR) is 82.0 cm³/mol. The van der Waals surface area contributed by atoms with Crippen LogP contribution in [-0.2, 0) is 4.74 Å². The summed E-state index contributed by atoms with van der Waals surface area (Å²) >= 11 is 1.23. The van der Waals surface area contributed by atoms with E-state index in [1.54, 1.807) is 19.1 Å². The van der Waals surface area contributed by atoms with Crippen LogP contribution in [0, 0.1) is 6.92 Å². The molecule has 2 N–H and O–H groups in total. The number of aromatic hydroxyl groups is 2. The van der Waals surface area contributed by atoms with E-state index in [1.165, 1.54) is 29.7 Å². The van der Waals surface area contributed by atoms with Gasteiger partial charge in [0.15, 0.2) is 0 Å². The Hall–Kier alpha value is -2.34. The number of hydrogen-bond acceptors (Lipinski definition) is 6. The number of carbonyl (C=O) groups excluding carboxylic acids is 1. The van der Waals surface area contributed by atoms with Crippen molar-refractivity contribution < 1.29 is 19.7 Å². The van der Waals surface area contributed by atoms with Crippen LogP contribution in [0.15, 0.2) is 29.3 Å². The Kier molecular flexibility index (Phi) is 4.59. The summed E-state index contributed by atoms with van der Waals surface area (Å²) in [6, 6.07) is 6.04. The zero-order valence-electron chi connectivity index (χ0n) is 11.7. The first kappa shape index (κ1) is 15.1. The van der Waals surface area contributed by atoms with Gasteiger partial charge in [0.05, 0.1) is 6.61 Å². The quantitative estimate of drug-likeness (QED) is 0.670. The molecule has 2 aromatic rings. The summed E-state index contributed by atoms with van der Waals surface area (Å²) < 4.78 is 4.97. The van der Waals surface area contributed by atoms with E-state index >= 15 is 0 Å². The number of aryl methyl sites for hydroxylation is 1. The molecule has 0 atom stereocenters. The highest BCUT2D eigenvalue weighted by Crippen LogP contribution is 2.30. The van der Waals surface area contributed by atoms with Crippen LogP contribution in [0.3, 0.4) is 0 Å². The molecular formula is C15H15NO4S. The Morgan fingerprint density at radius 2 is 2.14 bits per heavy atom. The molecule has 0 fully saturated rings. The second-order valence-electron chi connectivity index (χ2n) is 4.32. The molecule has 1 heterocycles. The minimum absolute atomic E-state index is 0.0128. The third kappa shape index (κ3) is 3.61. The van der Waals surface area contributed by atoms with Gasteiger partial charge in [0.25, 0.3) is 0 Å². The number of carbonyl (C=O) groups is 1. The topological polar surface area (TPSA) is 79.1 Å². The smallest absolute Gasteiger partial charge is 0.348 e. The molecule has 0 saturated heterocycles. The van der Waals surface area contributed by atoms with E-state index in [0.717, 1.165) is 5.56 Å². The maximum Gasteiger partial charge on any atom is 0.348 e. The number of rotatable bonds is 4. The molecule has 0 unspecified atom stereocenters. The van der Waals surface area contributed by atoms with Gasteiger partial charge >= 0.3 is 5.97 Å². The van der Waals surface area contributed by atoms with E-state index in [-0.39, 0.29) is 17.5 Å². The van der Waals surface area contributed by atoms with Gasteiger partial charge < -0.3 is 14.9 Å². The lowest BCUT2D eigenvalue weighted by atomic mass is 10.2. The normalized spacial score (nSPS) is 11.0. The summed E-state index contributed by atoms with van der Waals surface area (Å²) in [4.78, 5) is 16.5. The fourth-order valence-electron chi connectivity index (χ4n) is 1.70. The first-order valence-electron chi connectivity index (χ1n) is 6.35. The molecule has 0 bridgehead atoms. The van der Waals surface area contributed by atoms with Gasteiger partial charge in [-0.3, -0.25) is 0 Å². The summed E-state index contributed by atoms with van der Waals surface area (Å²) in [7, 11) is 0. The SMILES string of the molecule is CCOC(=O)c1sc(/N=C/c2ccc(O)cc2O)cc1C. The predicted octanol–water partition coefficient (Wildman–Crippen LogP) is 3.40. The molecule has 5 nitrogen and oxygen atoms in total. The maximum absolute atomic E-state index is 11.7. The molecule has 0 saturated carbocycles. The van der Waals surface area contributed by atoms with Crippen molar-refractivity contribution in [1.29, 1.82) is 0 Å². The Morgan fingerprint density at radius 3 is 2.81 bits per heavy atom. The van der Waals surface area contributed by atoms with Crippen molar-refractivity contribution in [3.63, 3.8) is 0 Å². The van der Waals surface area contributed by atoms with E-state index in [2.05, 4.69) is 4.99 Å². The average Bonchev–Trinajstić information content (AvgIpc) is 2.79. The molecule has 0 aliphatic heterocycles. The van der Waals surface area contributed by atoms with Crippen molar-refractivity contribution in [2.24, 2.45) is 4.99 Å². The second-order valence-corrected chi connectivity index (χ2v) is 5.35. The number of benzene rings is 1. The lowest BCUT2D eigenvalue weighted by Crippen LogP contribution is -2.03. The van der Waals surface area contributed by atoms with Crippen molar-refractivity contribution in [2.75, 3.05) is 6.61 Å². The van der Waals surface area contributed by atoms with Crippen LogP contribution in [-0.4, -0.2) is 29.0 Å². The Morgan fingerprint density at radius 1 is 1.38 bits per heavy atom. The third-order valence-electron chi connectivity index (χ3n) is 2.71. The van der Waals surface area contributed by atoms with Crippen molar-refractivity contribution in [3.8, 4) is 11.5 Å². The summed E-state index contributed by atoms with van der Waals surface area (Å²) in [5, 5.41) is 19.5. The Labute approximate surface area is 126 Å². The molecule has 6 heteroatoms. The summed E-state index contributed by atoms with van der Waals surface area (Å²) in [6.07, 6.45) is 1.48. The van der Waals surface area contributed by atoms with Gasteiger partial charge in [0.2, 0.25) is 0 Å². The van der Waals surface area contributed by atoms with Crippen molar-refractivity contribution >= 4 is 28.5 Å². The van der Waals surface area contributed by atoms with Crippen LogP contribution in [0.5, 0.6) is 11.5 Å². The maximum atomic E-state index is 11.7. The standard InChI is InChI=1S/C15H15NO4S/c1-3-20-15(19)14-9(2)6-13(21-14)16-8-10-4-5-11(17)7-12(10)18/h4-8,17-18H,3H2,1-2H3/b16-8+. The van der Waals surface area contributed by atoms with Crippen LogP contribution >= 0.6 is 11.3 Å². The number of phenols is 2. The molecular weight excluding hydrogens is 290 g/mol. The molecule has 0 radical (unpaired) electrons. The van der Waals surface area contributed by atoms with Gasteiger partial charge in [-0.15, -0.1) is 11.3 Å². The van der Waals surface area contributed by atoms with Gasteiger partial charge in [0.1, 0.15) is 21.4 Å². The van der Waals surface area contributed by atoms with Crippen molar-refractivity contribution in [3.05, 3.63) is 40.3 Å². The first-order valence-corrected chi connectivity index (χ1v) is 7.16. The molecule has 0 amide bonds. The summed E-state index contributed by atoms with van der Waals surface area (Å²) in [5.41, 5.74) is 1.29. The fourth-order valence-corrected chi connectivity index (χ4v) is 2.62.